The fourth-order valence-electron chi connectivity index (χ4n) is 1.68. The van der Waals surface area contributed by atoms with E-state index in [4.69, 9.17) is 0 Å². The van der Waals surface area contributed by atoms with Gasteiger partial charge in [-0.3, -0.25) is 10.1 Å². The standard InChI is InChI=1S/C10H9NO6/c1-4-3-6(9(12)13)7(10(14)15)5(2)8(4)11(16)17/h3H,1-2H3,(H,12,13)(H,14,15)/p-2. The average molecular weight is 237 g/mol. The Labute approximate surface area is 95.5 Å². The van der Waals surface area contributed by atoms with Crippen molar-refractivity contribution in [3.63, 3.8) is 0 Å². The predicted octanol–water partition coefficient (Wildman–Crippen LogP) is -1.06. The maximum Gasteiger partial charge on any atom is 0.275 e. The monoisotopic (exact) mass is 237 g/mol. The van der Waals surface area contributed by atoms with Gasteiger partial charge in [0.2, 0.25) is 0 Å². The first kappa shape index (κ1) is 12.6. The summed E-state index contributed by atoms with van der Waals surface area (Å²) in [5, 5.41) is 32.3. The SMILES string of the molecule is Cc1cc(C(=O)[O-])c(C(=O)[O-])c(C)c1[N+](=O)[O-]. The zero-order valence-electron chi connectivity index (χ0n) is 8.97. The molecule has 0 fully saturated rings. The molecule has 1 aromatic carbocycles. The van der Waals surface area contributed by atoms with E-state index < -0.39 is 33.7 Å². The van der Waals surface area contributed by atoms with Gasteiger partial charge in [-0.05, 0) is 19.9 Å². The van der Waals surface area contributed by atoms with E-state index in [2.05, 4.69) is 0 Å². The minimum absolute atomic E-state index is 0.0525. The molecular formula is C10H7NO6-2. The van der Waals surface area contributed by atoms with Gasteiger partial charge < -0.3 is 19.8 Å². The highest BCUT2D eigenvalue weighted by Gasteiger charge is 2.21. The van der Waals surface area contributed by atoms with Crippen LogP contribution in [0.15, 0.2) is 6.07 Å². The van der Waals surface area contributed by atoms with E-state index >= 15 is 0 Å². The van der Waals surface area contributed by atoms with E-state index in [-0.39, 0.29) is 11.1 Å². The van der Waals surface area contributed by atoms with Crippen molar-refractivity contribution in [2.75, 3.05) is 0 Å². The van der Waals surface area contributed by atoms with Crippen LogP contribution in [0, 0.1) is 24.0 Å². The normalized spacial score (nSPS) is 10.0. The fraction of sp³-hybridized carbons (Fsp3) is 0.200. The van der Waals surface area contributed by atoms with E-state index in [1.165, 1.54) is 6.92 Å². The number of nitrogens with zero attached hydrogens (tertiary/aromatic N) is 1. The van der Waals surface area contributed by atoms with Crippen molar-refractivity contribution < 1.29 is 24.7 Å². The summed E-state index contributed by atoms with van der Waals surface area (Å²) in [5.74, 6) is -3.50. The number of hydrogen-bond donors (Lipinski definition) is 0. The lowest BCUT2D eigenvalue weighted by Gasteiger charge is -2.15. The lowest BCUT2D eigenvalue weighted by molar-refractivity contribution is -0.386. The summed E-state index contributed by atoms with van der Waals surface area (Å²) >= 11 is 0. The molecule has 0 amide bonds. The number of carbonyl (C=O) groups is 2. The Kier molecular flexibility index (Phi) is 3.12. The summed E-state index contributed by atoms with van der Waals surface area (Å²) in [5.41, 5.74) is -1.98. The smallest absolute Gasteiger partial charge is 0.275 e. The molecule has 0 aliphatic carbocycles. The van der Waals surface area contributed by atoms with Crippen LogP contribution in [0.4, 0.5) is 5.69 Å². The second kappa shape index (κ2) is 4.20. The van der Waals surface area contributed by atoms with Crippen LogP contribution < -0.4 is 10.2 Å². The third-order valence-corrected chi connectivity index (χ3v) is 2.34. The van der Waals surface area contributed by atoms with E-state index in [9.17, 15) is 29.9 Å². The van der Waals surface area contributed by atoms with Crippen LogP contribution in [0.1, 0.15) is 31.8 Å². The Hall–Kier alpha value is -2.44. The molecule has 0 saturated carbocycles. The van der Waals surface area contributed by atoms with Gasteiger partial charge in [-0.2, -0.15) is 0 Å². The molecule has 7 heteroatoms. The third-order valence-electron chi connectivity index (χ3n) is 2.34. The van der Waals surface area contributed by atoms with Gasteiger partial charge in [0.25, 0.3) is 5.69 Å². The third kappa shape index (κ3) is 2.07. The van der Waals surface area contributed by atoms with Crippen LogP contribution in [-0.2, 0) is 0 Å². The van der Waals surface area contributed by atoms with Crippen molar-refractivity contribution in [2.24, 2.45) is 0 Å². The average Bonchev–Trinajstić information content (AvgIpc) is 2.14. The van der Waals surface area contributed by atoms with Crippen LogP contribution in [-0.4, -0.2) is 16.9 Å². The van der Waals surface area contributed by atoms with Crippen LogP contribution in [0.5, 0.6) is 0 Å². The summed E-state index contributed by atoms with van der Waals surface area (Å²) in [4.78, 5) is 31.5. The molecule has 1 aromatic rings. The quantitative estimate of drug-likeness (QED) is 0.487. The predicted molar refractivity (Wildman–Crippen MR) is 51.2 cm³/mol. The molecule has 0 aliphatic rings. The first-order valence-electron chi connectivity index (χ1n) is 4.48. The molecule has 90 valence electrons. The largest absolute Gasteiger partial charge is 0.545 e. The van der Waals surface area contributed by atoms with Crippen molar-refractivity contribution in [1.82, 2.24) is 0 Å². The summed E-state index contributed by atoms with van der Waals surface area (Å²) < 4.78 is 0. The summed E-state index contributed by atoms with van der Waals surface area (Å²) in [6.07, 6.45) is 0. The molecule has 1 rings (SSSR count). The van der Waals surface area contributed by atoms with Crippen LogP contribution >= 0.6 is 0 Å². The number of carboxylic acid groups (broad SMARTS) is 2. The van der Waals surface area contributed by atoms with Crippen LogP contribution in [0.25, 0.3) is 0 Å². The molecule has 0 N–H and O–H groups in total. The van der Waals surface area contributed by atoms with Gasteiger partial charge in [0.05, 0.1) is 16.9 Å². The van der Waals surface area contributed by atoms with Crippen LogP contribution in [0.2, 0.25) is 0 Å². The maximum absolute atomic E-state index is 10.8. The molecule has 17 heavy (non-hydrogen) atoms. The van der Waals surface area contributed by atoms with Gasteiger partial charge in [0.15, 0.2) is 0 Å². The number of carbonyl (C=O) groups excluding carboxylic acids is 2. The van der Waals surface area contributed by atoms with E-state index in [0.29, 0.717) is 0 Å². The molecule has 7 nitrogen and oxygen atoms in total. The van der Waals surface area contributed by atoms with Crippen molar-refractivity contribution in [3.05, 3.63) is 38.4 Å². The molecule has 0 aliphatic heterocycles. The van der Waals surface area contributed by atoms with E-state index in [1.54, 1.807) is 0 Å². The molecule has 0 spiro atoms. The van der Waals surface area contributed by atoms with Crippen molar-refractivity contribution >= 4 is 17.6 Å². The first-order valence-corrected chi connectivity index (χ1v) is 4.48. The lowest BCUT2D eigenvalue weighted by Crippen LogP contribution is -2.31. The highest BCUT2D eigenvalue weighted by molar-refractivity contribution is 6.02. The number of aryl methyl sites for hydroxylation is 1. The van der Waals surface area contributed by atoms with Gasteiger partial charge in [-0.1, -0.05) is 0 Å². The number of nitro benzene ring substituents is 1. The highest BCUT2D eigenvalue weighted by atomic mass is 16.6. The topological polar surface area (TPSA) is 123 Å². The Balaban J connectivity index is 3.76. The number of rotatable bonds is 3. The van der Waals surface area contributed by atoms with Crippen molar-refractivity contribution in [3.8, 4) is 0 Å². The van der Waals surface area contributed by atoms with Crippen molar-refractivity contribution in [2.45, 2.75) is 13.8 Å². The molecule has 0 saturated heterocycles. The van der Waals surface area contributed by atoms with E-state index in [0.717, 1.165) is 13.0 Å². The lowest BCUT2D eigenvalue weighted by atomic mass is 9.96. The fourth-order valence-corrected chi connectivity index (χ4v) is 1.68. The van der Waals surface area contributed by atoms with Gasteiger partial charge in [0.1, 0.15) is 0 Å². The van der Waals surface area contributed by atoms with E-state index in [1.807, 2.05) is 0 Å². The maximum atomic E-state index is 10.8. The minimum Gasteiger partial charge on any atom is -0.545 e. The van der Waals surface area contributed by atoms with Gasteiger partial charge in [-0.25, -0.2) is 0 Å². The Morgan fingerprint density at radius 2 is 1.71 bits per heavy atom. The Bertz CT molecular complexity index is 534. The Morgan fingerprint density at radius 3 is 2.06 bits per heavy atom. The van der Waals surface area contributed by atoms with Gasteiger partial charge in [-0.15, -0.1) is 0 Å². The van der Waals surface area contributed by atoms with Gasteiger partial charge >= 0.3 is 0 Å². The summed E-state index contributed by atoms with van der Waals surface area (Å²) in [7, 11) is 0. The van der Waals surface area contributed by atoms with Crippen LogP contribution in [0.3, 0.4) is 0 Å². The number of hydrogen-bond acceptors (Lipinski definition) is 6. The zero-order valence-corrected chi connectivity index (χ0v) is 8.97. The second-order valence-corrected chi connectivity index (χ2v) is 3.42. The second-order valence-electron chi connectivity index (χ2n) is 3.42. The number of aromatic carboxylic acids is 2. The zero-order chi connectivity index (χ0) is 13.3. The molecule has 0 heterocycles. The molecule has 0 unspecified atom stereocenters. The summed E-state index contributed by atoms with van der Waals surface area (Å²) in [6.45, 7) is 2.47. The molecular weight excluding hydrogens is 230 g/mol. The molecule has 0 radical (unpaired) electrons. The molecule has 0 bridgehead atoms. The number of carboxylic acids is 2. The highest BCUT2D eigenvalue weighted by Crippen LogP contribution is 2.28. The van der Waals surface area contributed by atoms with Gasteiger partial charge in [0, 0.05) is 22.3 Å². The molecule has 0 atom stereocenters. The van der Waals surface area contributed by atoms with Crippen molar-refractivity contribution in [1.29, 1.82) is 0 Å². The summed E-state index contributed by atoms with van der Waals surface area (Å²) in [6, 6.07) is 0.894. The minimum atomic E-state index is -1.79. The Morgan fingerprint density at radius 1 is 1.18 bits per heavy atom. The first-order chi connectivity index (χ1) is 7.77. The number of benzene rings is 1. The number of nitro groups is 1. The molecule has 0 aromatic heterocycles.